The van der Waals surface area contributed by atoms with Crippen LogP contribution in [0.25, 0.3) is 11.0 Å². The van der Waals surface area contributed by atoms with Crippen LogP contribution < -0.4 is 5.32 Å². The highest BCUT2D eigenvalue weighted by Crippen LogP contribution is 2.58. The summed E-state index contributed by atoms with van der Waals surface area (Å²) in [4.78, 5) is 31.7. The highest BCUT2D eigenvalue weighted by Gasteiger charge is 2.60. The number of aromatic nitrogens is 2. The quantitative estimate of drug-likeness (QED) is 0.360. The summed E-state index contributed by atoms with van der Waals surface area (Å²) in [5, 5.41) is 2.98. The summed E-state index contributed by atoms with van der Waals surface area (Å²) in [7, 11) is 0. The van der Waals surface area contributed by atoms with E-state index >= 15 is 0 Å². The second-order valence-corrected chi connectivity index (χ2v) is 9.44. The van der Waals surface area contributed by atoms with Crippen molar-refractivity contribution in [3.05, 3.63) is 65.0 Å². The first-order valence-electron chi connectivity index (χ1n) is 10.9. The molecule has 1 heterocycles. The molecule has 3 aliphatic rings. The Kier molecular flexibility index (Phi) is 5.05. The lowest BCUT2D eigenvalue weighted by Gasteiger charge is -2.60. The lowest BCUT2D eigenvalue weighted by atomic mass is 9.49. The number of alkyl halides is 6. The maximum Gasteiger partial charge on any atom is 0.454 e. The Labute approximate surface area is 194 Å². The fourth-order valence-corrected chi connectivity index (χ4v) is 5.48. The molecule has 0 saturated heterocycles. The number of carbonyl (C=O) groups excluding carboxylic acids is 2. The van der Waals surface area contributed by atoms with Gasteiger partial charge in [0.1, 0.15) is 5.82 Å². The van der Waals surface area contributed by atoms with E-state index in [1.165, 1.54) is 18.2 Å². The summed E-state index contributed by atoms with van der Waals surface area (Å²) in [6, 6.07) is 7.66. The first-order valence-corrected chi connectivity index (χ1v) is 10.9. The van der Waals surface area contributed by atoms with Gasteiger partial charge in [-0.15, -0.1) is 0 Å². The number of imidazole rings is 1. The van der Waals surface area contributed by atoms with E-state index in [1.54, 1.807) is 0 Å². The molecule has 2 aromatic carbocycles. The van der Waals surface area contributed by atoms with E-state index in [-0.39, 0.29) is 11.1 Å². The lowest BCUT2D eigenvalue weighted by molar-refractivity contribution is -0.137. The maximum absolute atomic E-state index is 13.0. The number of Topliss-reactive ketones (excluding diaryl/α,β-unsaturated/α-hetero) is 1. The van der Waals surface area contributed by atoms with E-state index in [4.69, 9.17) is 0 Å². The van der Waals surface area contributed by atoms with Crippen molar-refractivity contribution < 1.29 is 35.9 Å². The Balaban J connectivity index is 1.31. The summed E-state index contributed by atoms with van der Waals surface area (Å²) in [5.74, 6) is -1.86. The third-order valence-electron chi connectivity index (χ3n) is 7.02. The first kappa shape index (κ1) is 23.4. The van der Waals surface area contributed by atoms with Gasteiger partial charge in [-0.3, -0.25) is 9.59 Å². The summed E-state index contributed by atoms with van der Waals surface area (Å²) in [5.41, 5.74) is -1.40. The molecule has 2 N–H and O–H groups in total. The molecule has 3 aromatic rings. The summed E-state index contributed by atoms with van der Waals surface area (Å²) in [6.07, 6.45) is -6.14. The van der Waals surface area contributed by atoms with Gasteiger partial charge >= 0.3 is 12.4 Å². The van der Waals surface area contributed by atoms with Crippen molar-refractivity contribution in [3.63, 3.8) is 0 Å². The number of nitrogens with one attached hydrogen (secondary N) is 2. The van der Waals surface area contributed by atoms with Crippen molar-refractivity contribution in [2.24, 2.45) is 0 Å². The number of hydrogen-bond donors (Lipinski definition) is 2. The molecule has 0 spiro atoms. The smallest absolute Gasteiger partial charge is 0.347 e. The average molecular weight is 495 g/mol. The van der Waals surface area contributed by atoms with Crippen LogP contribution in [-0.4, -0.2) is 33.4 Å². The highest BCUT2D eigenvalue weighted by atomic mass is 19.4. The molecule has 3 fully saturated rings. The van der Waals surface area contributed by atoms with Crippen LogP contribution in [0.3, 0.4) is 0 Å². The average Bonchev–Trinajstić information content (AvgIpc) is 3.21. The van der Waals surface area contributed by atoms with E-state index in [9.17, 15) is 35.9 Å². The van der Waals surface area contributed by atoms with Gasteiger partial charge in [-0.2, -0.15) is 26.3 Å². The molecule has 6 rings (SSSR count). The van der Waals surface area contributed by atoms with Crippen LogP contribution in [0.15, 0.2) is 42.5 Å². The zero-order valence-electron chi connectivity index (χ0n) is 18.1. The van der Waals surface area contributed by atoms with Crippen molar-refractivity contribution in [3.8, 4) is 0 Å². The van der Waals surface area contributed by atoms with Gasteiger partial charge < -0.3 is 10.3 Å². The molecule has 1 amide bonds. The van der Waals surface area contributed by atoms with E-state index in [0.29, 0.717) is 30.6 Å². The molecule has 184 valence electrons. The molecule has 2 bridgehead atoms. The van der Waals surface area contributed by atoms with Crippen LogP contribution in [-0.2, 0) is 11.6 Å². The van der Waals surface area contributed by atoms with Crippen molar-refractivity contribution >= 4 is 22.7 Å². The minimum atomic E-state index is -4.99. The Morgan fingerprint density at radius 3 is 2.20 bits per heavy atom. The fraction of sp³-hybridized carbons (Fsp3) is 0.375. The van der Waals surface area contributed by atoms with E-state index in [2.05, 4.69) is 15.3 Å². The van der Waals surface area contributed by atoms with Gasteiger partial charge in [0.05, 0.1) is 16.6 Å². The SMILES string of the molecule is O=C(NC12CCCC(c3nc4cc(C(F)(F)F)ccc4[nH]3)(C1)C2)c1ccc(C(=O)C(F)(F)F)cc1. The Morgan fingerprint density at radius 2 is 1.57 bits per heavy atom. The third-order valence-corrected chi connectivity index (χ3v) is 7.02. The predicted octanol–water partition coefficient (Wildman–Crippen LogP) is 5.71. The zero-order chi connectivity index (χ0) is 25.2. The summed E-state index contributed by atoms with van der Waals surface area (Å²) < 4.78 is 76.9. The van der Waals surface area contributed by atoms with Gasteiger partial charge in [-0.05, 0) is 56.0 Å². The van der Waals surface area contributed by atoms with E-state index < -0.39 is 46.1 Å². The molecule has 3 saturated carbocycles. The summed E-state index contributed by atoms with van der Waals surface area (Å²) in [6.45, 7) is 0. The molecule has 0 unspecified atom stereocenters. The van der Waals surface area contributed by atoms with Crippen LogP contribution >= 0.6 is 0 Å². The molecule has 3 aliphatic carbocycles. The van der Waals surface area contributed by atoms with Crippen LogP contribution in [0.2, 0.25) is 0 Å². The van der Waals surface area contributed by atoms with Gasteiger partial charge in [0.15, 0.2) is 0 Å². The highest BCUT2D eigenvalue weighted by molar-refractivity contribution is 6.01. The van der Waals surface area contributed by atoms with Crippen LogP contribution in [0.4, 0.5) is 26.3 Å². The number of aromatic amines is 1. The molecule has 35 heavy (non-hydrogen) atoms. The number of carbonyl (C=O) groups is 2. The number of fused-ring (bicyclic) bond motifs is 3. The number of hydrogen-bond acceptors (Lipinski definition) is 3. The summed E-state index contributed by atoms with van der Waals surface area (Å²) >= 11 is 0. The van der Waals surface area contributed by atoms with E-state index in [1.807, 2.05) is 0 Å². The van der Waals surface area contributed by atoms with Gasteiger partial charge in [0.25, 0.3) is 11.7 Å². The Hall–Kier alpha value is -3.37. The molecule has 11 heteroatoms. The Bertz CT molecular complexity index is 1320. The minimum Gasteiger partial charge on any atom is -0.347 e. The van der Waals surface area contributed by atoms with Crippen molar-refractivity contribution in [1.29, 1.82) is 0 Å². The van der Waals surface area contributed by atoms with Gasteiger partial charge in [0.2, 0.25) is 0 Å². The van der Waals surface area contributed by atoms with Crippen molar-refractivity contribution in [2.75, 3.05) is 0 Å². The molecule has 0 aliphatic heterocycles. The second-order valence-electron chi connectivity index (χ2n) is 9.44. The monoisotopic (exact) mass is 495 g/mol. The normalized spacial score (nSPS) is 24.2. The zero-order valence-corrected chi connectivity index (χ0v) is 18.1. The number of amides is 1. The molecule has 0 atom stereocenters. The van der Waals surface area contributed by atoms with Crippen LogP contribution in [0, 0.1) is 0 Å². The number of H-pyrrole nitrogens is 1. The minimum absolute atomic E-state index is 0.129. The number of ketones is 1. The van der Waals surface area contributed by atoms with Crippen molar-refractivity contribution in [2.45, 2.75) is 55.4 Å². The largest absolute Gasteiger partial charge is 0.454 e. The standard InChI is InChI=1S/C24H19F6N3O2/c25-23(26,27)15-6-7-16-17(10-15)32-20(31-16)21-8-1-9-22(11-21,12-21)33-19(35)14-4-2-13(3-5-14)18(34)24(28,29)30/h2-7,10H,1,8-9,11-12H2,(H,31,32)(H,33,35). The van der Waals surface area contributed by atoms with Crippen LogP contribution in [0.1, 0.15) is 64.2 Å². The fourth-order valence-electron chi connectivity index (χ4n) is 5.48. The maximum atomic E-state index is 13.0. The second kappa shape index (κ2) is 7.56. The third kappa shape index (κ3) is 4.06. The predicted molar refractivity (Wildman–Crippen MR) is 113 cm³/mol. The number of nitrogens with zero attached hydrogens (tertiary/aromatic N) is 1. The number of halogens is 6. The Morgan fingerprint density at radius 1 is 0.914 bits per heavy atom. The molecule has 0 radical (unpaired) electrons. The van der Waals surface area contributed by atoms with E-state index in [0.717, 1.165) is 37.1 Å². The molecular formula is C24H19F6N3O2. The molecule has 5 nitrogen and oxygen atoms in total. The van der Waals surface area contributed by atoms with Gasteiger partial charge in [-0.1, -0.05) is 18.6 Å². The molecule has 1 aromatic heterocycles. The van der Waals surface area contributed by atoms with Gasteiger partial charge in [-0.25, -0.2) is 4.98 Å². The topological polar surface area (TPSA) is 74.8 Å². The number of rotatable bonds is 4. The van der Waals surface area contributed by atoms with Gasteiger partial charge in [0, 0.05) is 22.1 Å². The lowest BCUT2D eigenvalue weighted by Crippen LogP contribution is -2.66. The van der Waals surface area contributed by atoms with Crippen molar-refractivity contribution in [1.82, 2.24) is 15.3 Å². The molecular weight excluding hydrogens is 476 g/mol. The van der Waals surface area contributed by atoms with Crippen LogP contribution in [0.5, 0.6) is 0 Å². The number of benzene rings is 2. The first-order chi connectivity index (χ1) is 16.3.